The van der Waals surface area contributed by atoms with E-state index in [2.05, 4.69) is 15.2 Å². The minimum Gasteiger partial charge on any atom is -0.433 e. The van der Waals surface area contributed by atoms with Crippen molar-refractivity contribution >= 4 is 34.5 Å². The van der Waals surface area contributed by atoms with Crippen LogP contribution in [0, 0.1) is 0 Å². The Kier molecular flexibility index (Phi) is 6.08. The van der Waals surface area contributed by atoms with Crippen molar-refractivity contribution in [3.63, 3.8) is 0 Å². The number of benzene rings is 1. The van der Waals surface area contributed by atoms with E-state index < -0.39 is 24.4 Å². The third kappa shape index (κ3) is 5.45. The third-order valence-corrected chi connectivity index (χ3v) is 4.83. The van der Waals surface area contributed by atoms with Crippen LogP contribution in [0.2, 0.25) is 5.02 Å². The Balaban J connectivity index is 1.65. The minimum absolute atomic E-state index is 0.0609. The molecule has 5 nitrogen and oxygen atoms in total. The van der Waals surface area contributed by atoms with Gasteiger partial charge >= 0.3 is 12.8 Å². The zero-order chi connectivity index (χ0) is 21.2. The maximum Gasteiger partial charge on any atom is 0.435 e. The Hall–Kier alpha value is -2.66. The molecule has 0 aliphatic rings. The molecule has 0 saturated carbocycles. The SMILES string of the molecule is O=C(Nc1ccc(OC(F)F)c(Cl)c1)c1cc(Cn2ccc(C(F)(F)F)n2)cs1. The number of ether oxygens (including phenoxy) is 1. The molecular weight excluding hydrogens is 441 g/mol. The number of rotatable bonds is 6. The fraction of sp³-hybridized carbons (Fsp3) is 0.176. The van der Waals surface area contributed by atoms with Crippen LogP contribution in [0.5, 0.6) is 5.75 Å². The van der Waals surface area contributed by atoms with E-state index in [4.69, 9.17) is 11.6 Å². The first-order valence-corrected chi connectivity index (χ1v) is 9.11. The van der Waals surface area contributed by atoms with E-state index in [1.54, 1.807) is 5.38 Å². The smallest absolute Gasteiger partial charge is 0.433 e. The average Bonchev–Trinajstić information content (AvgIpc) is 3.27. The molecule has 1 N–H and O–H groups in total. The molecule has 1 amide bonds. The van der Waals surface area contributed by atoms with Crippen LogP contribution in [-0.2, 0) is 12.7 Å². The lowest BCUT2D eigenvalue weighted by atomic mass is 10.2. The molecule has 0 spiro atoms. The number of carbonyl (C=O) groups is 1. The molecule has 0 bridgehead atoms. The van der Waals surface area contributed by atoms with Gasteiger partial charge in [0.05, 0.1) is 16.4 Å². The topological polar surface area (TPSA) is 56.1 Å². The van der Waals surface area contributed by atoms with Crippen LogP contribution in [0.15, 0.2) is 41.9 Å². The molecule has 0 atom stereocenters. The second-order valence-electron chi connectivity index (χ2n) is 5.69. The first-order valence-electron chi connectivity index (χ1n) is 7.85. The van der Waals surface area contributed by atoms with Crippen molar-refractivity contribution in [2.24, 2.45) is 0 Å². The molecule has 2 heterocycles. The van der Waals surface area contributed by atoms with Crippen LogP contribution < -0.4 is 10.1 Å². The number of nitrogens with zero attached hydrogens (tertiary/aromatic N) is 2. The first-order chi connectivity index (χ1) is 13.6. The standard InChI is InChI=1S/C17H11ClF5N3O2S/c18-11-6-10(1-2-12(11)28-16(19)20)24-15(27)13-5-9(8-29-13)7-26-4-3-14(25-26)17(21,22)23/h1-6,8,16H,7H2,(H,24,27). The summed E-state index contributed by atoms with van der Waals surface area (Å²) in [5.74, 6) is -0.716. The summed E-state index contributed by atoms with van der Waals surface area (Å²) in [5.41, 5.74) is -0.143. The van der Waals surface area contributed by atoms with Crippen molar-refractivity contribution in [3.05, 3.63) is 63.1 Å². The minimum atomic E-state index is -4.53. The largest absolute Gasteiger partial charge is 0.435 e. The predicted molar refractivity (Wildman–Crippen MR) is 96.7 cm³/mol. The summed E-state index contributed by atoms with van der Waals surface area (Å²) in [5, 5.41) is 7.53. The highest BCUT2D eigenvalue weighted by molar-refractivity contribution is 7.12. The summed E-state index contributed by atoms with van der Waals surface area (Å²) in [6.07, 6.45) is -3.33. The Morgan fingerprint density at radius 2 is 2.03 bits per heavy atom. The van der Waals surface area contributed by atoms with E-state index in [1.807, 2.05) is 0 Å². The summed E-state index contributed by atoms with van der Waals surface area (Å²) in [7, 11) is 0. The van der Waals surface area contributed by atoms with Gasteiger partial charge in [-0.3, -0.25) is 9.48 Å². The number of halogens is 6. The van der Waals surface area contributed by atoms with E-state index in [0.29, 0.717) is 10.4 Å². The molecule has 0 radical (unpaired) electrons. The van der Waals surface area contributed by atoms with Gasteiger partial charge in [-0.05, 0) is 41.3 Å². The fourth-order valence-electron chi connectivity index (χ4n) is 2.33. The Morgan fingerprint density at radius 3 is 2.66 bits per heavy atom. The van der Waals surface area contributed by atoms with Crippen molar-refractivity contribution in [2.45, 2.75) is 19.3 Å². The van der Waals surface area contributed by atoms with Gasteiger partial charge in [0, 0.05) is 11.9 Å². The van der Waals surface area contributed by atoms with Crippen LogP contribution in [0.3, 0.4) is 0 Å². The van der Waals surface area contributed by atoms with E-state index in [-0.39, 0.29) is 23.0 Å². The van der Waals surface area contributed by atoms with Gasteiger partial charge in [0.2, 0.25) is 0 Å². The second-order valence-corrected chi connectivity index (χ2v) is 7.01. The Labute approximate surface area is 169 Å². The van der Waals surface area contributed by atoms with Crippen LogP contribution in [-0.4, -0.2) is 22.3 Å². The zero-order valence-electron chi connectivity index (χ0n) is 14.2. The van der Waals surface area contributed by atoms with Gasteiger partial charge in [0.15, 0.2) is 5.69 Å². The van der Waals surface area contributed by atoms with E-state index in [1.165, 1.54) is 30.5 Å². The molecule has 0 aliphatic heterocycles. The van der Waals surface area contributed by atoms with Crippen molar-refractivity contribution in [1.29, 1.82) is 0 Å². The average molecular weight is 452 g/mol. The highest BCUT2D eigenvalue weighted by atomic mass is 35.5. The molecule has 1 aromatic carbocycles. The summed E-state index contributed by atoms with van der Waals surface area (Å²) >= 11 is 6.93. The molecule has 0 unspecified atom stereocenters. The Bertz CT molecular complexity index is 1020. The number of anilines is 1. The molecule has 0 saturated heterocycles. The number of carbonyl (C=O) groups excluding carboxylic acids is 1. The van der Waals surface area contributed by atoms with Gasteiger partial charge in [-0.25, -0.2) is 0 Å². The summed E-state index contributed by atoms with van der Waals surface area (Å²) in [6.45, 7) is -2.97. The third-order valence-electron chi connectivity index (χ3n) is 3.56. The molecule has 0 fully saturated rings. The Morgan fingerprint density at radius 1 is 1.28 bits per heavy atom. The van der Waals surface area contributed by atoms with Gasteiger partial charge in [-0.2, -0.15) is 27.1 Å². The van der Waals surface area contributed by atoms with Gasteiger partial charge in [0.1, 0.15) is 5.75 Å². The predicted octanol–water partition coefficient (Wildman–Crippen LogP) is 5.52. The number of nitrogens with one attached hydrogen (secondary N) is 1. The molecule has 12 heteroatoms. The molecule has 3 rings (SSSR count). The van der Waals surface area contributed by atoms with Crippen LogP contribution in [0.4, 0.5) is 27.6 Å². The van der Waals surface area contributed by atoms with Gasteiger partial charge < -0.3 is 10.1 Å². The van der Waals surface area contributed by atoms with Gasteiger partial charge in [-0.15, -0.1) is 11.3 Å². The lowest BCUT2D eigenvalue weighted by molar-refractivity contribution is -0.141. The van der Waals surface area contributed by atoms with Gasteiger partial charge in [0.25, 0.3) is 5.91 Å². The highest BCUT2D eigenvalue weighted by Gasteiger charge is 2.33. The number of hydrogen-bond acceptors (Lipinski definition) is 4. The van der Waals surface area contributed by atoms with Crippen LogP contribution in [0.1, 0.15) is 20.9 Å². The van der Waals surface area contributed by atoms with E-state index >= 15 is 0 Å². The van der Waals surface area contributed by atoms with Crippen molar-refractivity contribution in [1.82, 2.24) is 9.78 Å². The highest BCUT2D eigenvalue weighted by Crippen LogP contribution is 2.30. The first kappa shape index (κ1) is 21.1. The van der Waals surface area contributed by atoms with Crippen molar-refractivity contribution in [3.8, 4) is 5.75 Å². The number of hydrogen-bond donors (Lipinski definition) is 1. The number of thiophene rings is 1. The summed E-state index contributed by atoms with van der Waals surface area (Å²) < 4.78 is 67.6. The fourth-order valence-corrected chi connectivity index (χ4v) is 3.35. The van der Waals surface area contributed by atoms with Gasteiger partial charge in [-0.1, -0.05) is 11.6 Å². The van der Waals surface area contributed by atoms with Crippen molar-refractivity contribution in [2.75, 3.05) is 5.32 Å². The summed E-state index contributed by atoms with van der Waals surface area (Å²) in [6, 6.07) is 6.18. The quantitative estimate of drug-likeness (QED) is 0.502. The van der Waals surface area contributed by atoms with E-state index in [0.717, 1.165) is 22.1 Å². The molecule has 0 aliphatic carbocycles. The number of amides is 1. The van der Waals surface area contributed by atoms with E-state index in [9.17, 15) is 26.7 Å². The number of alkyl halides is 5. The second kappa shape index (κ2) is 8.37. The van der Waals surface area contributed by atoms with Crippen LogP contribution in [0.25, 0.3) is 0 Å². The number of aromatic nitrogens is 2. The lowest BCUT2D eigenvalue weighted by Gasteiger charge is -2.09. The maximum atomic E-state index is 12.6. The van der Waals surface area contributed by atoms with Crippen molar-refractivity contribution < 1.29 is 31.5 Å². The molecule has 29 heavy (non-hydrogen) atoms. The monoisotopic (exact) mass is 451 g/mol. The zero-order valence-corrected chi connectivity index (χ0v) is 15.8. The molecule has 154 valence electrons. The molecule has 2 aromatic heterocycles. The normalized spacial score (nSPS) is 11.7. The van der Waals surface area contributed by atoms with Crippen LogP contribution >= 0.6 is 22.9 Å². The molecule has 3 aromatic rings. The molecular formula is C17H11ClF5N3O2S. The lowest BCUT2D eigenvalue weighted by Crippen LogP contribution is -2.10. The maximum absolute atomic E-state index is 12.6. The summed E-state index contributed by atoms with van der Waals surface area (Å²) in [4.78, 5) is 12.6.